The minimum Gasteiger partial charge on any atom is -0.472 e. The number of nitrogens with zero attached hydrogens (tertiary/aromatic N) is 4. The highest BCUT2D eigenvalue weighted by Gasteiger charge is 2.30. The quantitative estimate of drug-likeness (QED) is 0.771. The van der Waals surface area contributed by atoms with Crippen molar-refractivity contribution >= 4 is 11.5 Å². The molecule has 6 heteroatoms. The van der Waals surface area contributed by atoms with Gasteiger partial charge in [0, 0.05) is 43.1 Å². The van der Waals surface area contributed by atoms with Crippen molar-refractivity contribution in [3.05, 3.63) is 42.2 Å². The molecule has 2 saturated heterocycles. The van der Waals surface area contributed by atoms with Crippen LogP contribution in [0.2, 0.25) is 0 Å². The van der Waals surface area contributed by atoms with Crippen molar-refractivity contribution in [3.8, 4) is 5.88 Å². The molecule has 156 valence electrons. The first-order chi connectivity index (χ1) is 13.9. The van der Waals surface area contributed by atoms with E-state index < -0.39 is 0 Å². The first-order valence-corrected chi connectivity index (χ1v) is 10.6. The lowest BCUT2D eigenvalue weighted by Crippen LogP contribution is -2.43. The smallest absolute Gasteiger partial charge is 0.217 e. The van der Waals surface area contributed by atoms with Gasteiger partial charge in [0.2, 0.25) is 5.88 Å². The number of morpholine rings is 1. The van der Waals surface area contributed by atoms with Crippen LogP contribution in [0.15, 0.2) is 36.5 Å². The molecule has 0 aliphatic carbocycles. The maximum Gasteiger partial charge on any atom is 0.217 e. The van der Waals surface area contributed by atoms with E-state index in [1.54, 1.807) is 0 Å². The van der Waals surface area contributed by atoms with E-state index in [4.69, 9.17) is 14.5 Å². The van der Waals surface area contributed by atoms with Gasteiger partial charge in [0.15, 0.2) is 0 Å². The Bertz CT molecular complexity index is 821. The van der Waals surface area contributed by atoms with Crippen molar-refractivity contribution in [2.75, 3.05) is 36.1 Å². The lowest BCUT2D eigenvalue weighted by atomic mass is 10.1. The molecule has 0 radical (unpaired) electrons. The van der Waals surface area contributed by atoms with Gasteiger partial charge in [-0.05, 0) is 52.7 Å². The first-order valence-electron chi connectivity index (χ1n) is 10.6. The van der Waals surface area contributed by atoms with E-state index in [1.807, 2.05) is 12.3 Å². The molecule has 0 spiro atoms. The zero-order chi connectivity index (χ0) is 20.4. The molecule has 2 aliphatic heterocycles. The zero-order valence-corrected chi connectivity index (χ0v) is 18.0. The first kappa shape index (κ1) is 20.0. The Balaban J connectivity index is 1.71. The van der Waals surface area contributed by atoms with Crippen molar-refractivity contribution in [1.29, 1.82) is 0 Å². The highest BCUT2D eigenvalue weighted by molar-refractivity contribution is 5.60. The SMILES string of the molecule is CC1COCCN1c1cc(OC(C)(C)C)nc(N2CCCC2c2ccccn2)c1. The third-order valence-corrected chi connectivity index (χ3v) is 5.46. The summed E-state index contributed by atoms with van der Waals surface area (Å²) in [5, 5.41) is 0. The molecule has 2 unspecified atom stereocenters. The summed E-state index contributed by atoms with van der Waals surface area (Å²) in [6.45, 7) is 11.7. The standard InChI is InChI=1S/C23H32N4O2/c1-17-16-28-13-12-26(17)18-14-21(25-22(15-18)29-23(2,3)4)27-11-7-9-20(27)19-8-5-6-10-24-19/h5-6,8,10,14-15,17,20H,7,9,11-13,16H2,1-4H3. The summed E-state index contributed by atoms with van der Waals surface area (Å²) in [7, 11) is 0. The highest BCUT2D eigenvalue weighted by atomic mass is 16.5. The van der Waals surface area contributed by atoms with Crippen LogP contribution in [0.4, 0.5) is 11.5 Å². The second kappa shape index (κ2) is 8.19. The second-order valence-corrected chi connectivity index (χ2v) is 8.96. The van der Waals surface area contributed by atoms with Gasteiger partial charge >= 0.3 is 0 Å². The maximum atomic E-state index is 6.20. The molecule has 0 bridgehead atoms. The summed E-state index contributed by atoms with van der Waals surface area (Å²) in [4.78, 5) is 14.3. The summed E-state index contributed by atoms with van der Waals surface area (Å²) in [6.07, 6.45) is 4.10. The topological polar surface area (TPSA) is 50.7 Å². The monoisotopic (exact) mass is 396 g/mol. The van der Waals surface area contributed by atoms with E-state index in [2.05, 4.69) is 66.7 Å². The van der Waals surface area contributed by atoms with Crippen molar-refractivity contribution in [3.63, 3.8) is 0 Å². The Morgan fingerprint density at radius 2 is 2.00 bits per heavy atom. The summed E-state index contributed by atoms with van der Waals surface area (Å²) >= 11 is 0. The second-order valence-electron chi connectivity index (χ2n) is 8.96. The number of anilines is 2. The summed E-state index contributed by atoms with van der Waals surface area (Å²) in [6, 6.07) is 11.0. The molecule has 6 nitrogen and oxygen atoms in total. The van der Waals surface area contributed by atoms with Gasteiger partial charge < -0.3 is 19.3 Å². The van der Waals surface area contributed by atoms with E-state index in [1.165, 1.54) is 0 Å². The van der Waals surface area contributed by atoms with Crippen LogP contribution in [0, 0.1) is 0 Å². The Morgan fingerprint density at radius 3 is 2.72 bits per heavy atom. The van der Waals surface area contributed by atoms with Crippen LogP contribution < -0.4 is 14.5 Å². The molecule has 0 saturated carbocycles. The van der Waals surface area contributed by atoms with E-state index in [-0.39, 0.29) is 11.6 Å². The fraction of sp³-hybridized carbons (Fsp3) is 0.565. The Morgan fingerprint density at radius 1 is 1.14 bits per heavy atom. The number of ether oxygens (including phenoxy) is 2. The van der Waals surface area contributed by atoms with Crippen LogP contribution in [0.3, 0.4) is 0 Å². The molecule has 4 rings (SSSR count). The van der Waals surface area contributed by atoms with Gasteiger partial charge in [-0.2, -0.15) is 4.98 Å². The van der Waals surface area contributed by atoms with Gasteiger partial charge in [-0.25, -0.2) is 0 Å². The maximum absolute atomic E-state index is 6.20. The van der Waals surface area contributed by atoms with E-state index >= 15 is 0 Å². The number of aromatic nitrogens is 2. The van der Waals surface area contributed by atoms with Crippen molar-refractivity contribution in [2.45, 2.75) is 58.2 Å². The van der Waals surface area contributed by atoms with E-state index in [0.29, 0.717) is 11.9 Å². The molecule has 4 heterocycles. The number of pyridine rings is 2. The predicted molar refractivity (Wildman–Crippen MR) is 116 cm³/mol. The van der Waals surface area contributed by atoms with Crippen LogP contribution in [0.5, 0.6) is 5.88 Å². The summed E-state index contributed by atoms with van der Waals surface area (Å²) in [5.74, 6) is 1.64. The molecule has 2 aliphatic rings. The lowest BCUT2D eigenvalue weighted by molar-refractivity contribution is 0.0986. The van der Waals surface area contributed by atoms with E-state index in [0.717, 1.165) is 56.3 Å². The largest absolute Gasteiger partial charge is 0.472 e. The third-order valence-electron chi connectivity index (χ3n) is 5.46. The molecule has 0 N–H and O–H groups in total. The minimum atomic E-state index is -0.301. The fourth-order valence-corrected chi connectivity index (χ4v) is 4.19. The molecule has 2 aromatic heterocycles. The third kappa shape index (κ3) is 4.64. The van der Waals surface area contributed by atoms with Crippen LogP contribution >= 0.6 is 0 Å². The van der Waals surface area contributed by atoms with Gasteiger partial charge in [0.05, 0.1) is 24.9 Å². The number of rotatable bonds is 4. The summed E-state index contributed by atoms with van der Waals surface area (Å²) in [5.41, 5.74) is 1.96. The Hall–Kier alpha value is -2.34. The Labute approximate surface area is 173 Å². The minimum absolute atomic E-state index is 0.253. The number of hydrogen-bond donors (Lipinski definition) is 0. The highest BCUT2D eigenvalue weighted by Crippen LogP contribution is 2.38. The van der Waals surface area contributed by atoms with Gasteiger partial charge in [-0.3, -0.25) is 4.98 Å². The Kier molecular flexibility index (Phi) is 5.63. The number of hydrogen-bond acceptors (Lipinski definition) is 6. The molecular formula is C23H32N4O2. The molecule has 0 amide bonds. The molecular weight excluding hydrogens is 364 g/mol. The molecule has 0 aromatic carbocycles. The molecule has 2 fully saturated rings. The van der Waals surface area contributed by atoms with Gasteiger partial charge in [0.25, 0.3) is 0 Å². The van der Waals surface area contributed by atoms with Crippen LogP contribution in [0.1, 0.15) is 52.3 Å². The van der Waals surface area contributed by atoms with Crippen LogP contribution in [0.25, 0.3) is 0 Å². The van der Waals surface area contributed by atoms with Crippen molar-refractivity contribution < 1.29 is 9.47 Å². The zero-order valence-electron chi connectivity index (χ0n) is 18.0. The van der Waals surface area contributed by atoms with Gasteiger partial charge in [0.1, 0.15) is 11.4 Å². The van der Waals surface area contributed by atoms with Crippen molar-refractivity contribution in [1.82, 2.24) is 9.97 Å². The van der Waals surface area contributed by atoms with Gasteiger partial charge in [-0.1, -0.05) is 6.07 Å². The molecule has 2 atom stereocenters. The van der Waals surface area contributed by atoms with Gasteiger partial charge in [-0.15, -0.1) is 0 Å². The normalized spacial score (nSPS) is 22.8. The van der Waals surface area contributed by atoms with Crippen LogP contribution in [-0.2, 0) is 4.74 Å². The average molecular weight is 397 g/mol. The van der Waals surface area contributed by atoms with E-state index in [9.17, 15) is 0 Å². The van der Waals surface area contributed by atoms with Crippen molar-refractivity contribution in [2.24, 2.45) is 0 Å². The molecule has 2 aromatic rings. The molecule has 29 heavy (non-hydrogen) atoms. The fourth-order valence-electron chi connectivity index (χ4n) is 4.19. The lowest BCUT2D eigenvalue weighted by Gasteiger charge is -2.36. The summed E-state index contributed by atoms with van der Waals surface area (Å²) < 4.78 is 11.8. The average Bonchev–Trinajstić information content (AvgIpc) is 3.17. The van der Waals surface area contributed by atoms with Crippen LogP contribution in [-0.4, -0.2) is 47.9 Å². The predicted octanol–water partition coefficient (Wildman–Crippen LogP) is 4.22.